The third kappa shape index (κ3) is 4.06. The molecule has 0 saturated carbocycles. The fraction of sp³-hybridized carbons (Fsp3) is 0.318. The van der Waals surface area contributed by atoms with Gasteiger partial charge < -0.3 is 14.6 Å². The molecule has 0 saturated heterocycles. The van der Waals surface area contributed by atoms with E-state index >= 15 is 0 Å². The molecule has 1 amide bonds. The van der Waals surface area contributed by atoms with Crippen LogP contribution in [0.5, 0.6) is 0 Å². The van der Waals surface area contributed by atoms with Crippen LogP contribution in [0.1, 0.15) is 26.7 Å². The summed E-state index contributed by atoms with van der Waals surface area (Å²) in [6, 6.07) is 14.4. The van der Waals surface area contributed by atoms with Crippen molar-refractivity contribution in [1.29, 1.82) is 0 Å². The number of hydrogen-bond acceptors (Lipinski definition) is 4. The second-order valence-electron chi connectivity index (χ2n) is 6.69. The fourth-order valence-electron chi connectivity index (χ4n) is 3.33. The van der Waals surface area contributed by atoms with E-state index in [0.717, 1.165) is 12.8 Å². The van der Waals surface area contributed by atoms with Crippen molar-refractivity contribution in [2.75, 3.05) is 6.61 Å². The summed E-state index contributed by atoms with van der Waals surface area (Å²) >= 11 is 0. The van der Waals surface area contributed by atoms with E-state index in [9.17, 15) is 14.4 Å². The van der Waals surface area contributed by atoms with Crippen molar-refractivity contribution < 1.29 is 14.3 Å². The maximum atomic E-state index is 12.7. The minimum Gasteiger partial charge on any atom is -0.454 e. The molecule has 0 atom stereocenters. The lowest BCUT2D eigenvalue weighted by molar-refractivity contribution is -0.149. The minimum absolute atomic E-state index is 0.0691. The van der Waals surface area contributed by atoms with Gasteiger partial charge in [-0.25, -0.2) is 0 Å². The molecular weight excluding hydrogens is 356 g/mol. The van der Waals surface area contributed by atoms with Crippen molar-refractivity contribution in [3.05, 3.63) is 58.8 Å². The van der Waals surface area contributed by atoms with Crippen molar-refractivity contribution in [2.24, 2.45) is 0 Å². The highest BCUT2D eigenvalue weighted by molar-refractivity contribution is 5.94. The van der Waals surface area contributed by atoms with Crippen LogP contribution in [0.15, 0.2) is 53.3 Å². The van der Waals surface area contributed by atoms with E-state index in [1.54, 1.807) is 41.0 Å². The molecule has 1 N–H and O–H groups in total. The quantitative estimate of drug-likeness (QED) is 0.505. The van der Waals surface area contributed by atoms with Crippen LogP contribution in [-0.2, 0) is 20.9 Å². The molecule has 6 heteroatoms. The molecule has 0 fully saturated rings. The second-order valence-corrected chi connectivity index (χ2v) is 6.69. The standard InChI is InChI=1S/C22H24N2O4/c1-3-15(4-2)23-20(25)14-28-21(26)13-24-18-11-7-5-9-16(18)22(27)17-10-6-8-12-19(17)24/h5-12,15H,3-4,13-14H2,1-2H3,(H,23,25). The largest absolute Gasteiger partial charge is 0.454 e. The molecule has 3 rings (SSSR count). The van der Waals surface area contributed by atoms with Gasteiger partial charge in [-0.05, 0) is 37.1 Å². The Kier molecular flexibility index (Phi) is 6.09. The topological polar surface area (TPSA) is 77.4 Å². The summed E-state index contributed by atoms with van der Waals surface area (Å²) in [4.78, 5) is 37.1. The van der Waals surface area contributed by atoms with Gasteiger partial charge in [0.2, 0.25) is 0 Å². The fourth-order valence-corrected chi connectivity index (χ4v) is 3.33. The number of hydrogen-bond donors (Lipinski definition) is 1. The van der Waals surface area contributed by atoms with Gasteiger partial charge in [-0.2, -0.15) is 0 Å². The van der Waals surface area contributed by atoms with Gasteiger partial charge in [0.1, 0.15) is 6.54 Å². The first-order chi connectivity index (χ1) is 13.5. The van der Waals surface area contributed by atoms with Crippen LogP contribution in [0, 0.1) is 0 Å². The highest BCUT2D eigenvalue weighted by Gasteiger charge is 2.15. The van der Waals surface area contributed by atoms with Crippen molar-refractivity contribution in [1.82, 2.24) is 9.88 Å². The summed E-state index contributed by atoms with van der Waals surface area (Å²) in [6.07, 6.45) is 1.65. The molecule has 0 aliphatic rings. The number of carbonyl (C=O) groups is 2. The lowest BCUT2D eigenvalue weighted by Gasteiger charge is -2.16. The predicted octanol–water partition coefficient (Wildman–Crippen LogP) is 3.00. The van der Waals surface area contributed by atoms with Crippen molar-refractivity contribution in [2.45, 2.75) is 39.3 Å². The Bertz CT molecular complexity index is 1010. The zero-order valence-electron chi connectivity index (χ0n) is 16.1. The molecule has 28 heavy (non-hydrogen) atoms. The maximum absolute atomic E-state index is 12.7. The van der Waals surface area contributed by atoms with E-state index in [0.29, 0.717) is 21.8 Å². The first kappa shape index (κ1) is 19.6. The number of esters is 1. The van der Waals surface area contributed by atoms with Crippen LogP contribution in [-0.4, -0.2) is 29.1 Å². The highest BCUT2D eigenvalue weighted by Crippen LogP contribution is 2.19. The van der Waals surface area contributed by atoms with E-state index in [2.05, 4.69) is 5.32 Å². The molecule has 0 radical (unpaired) electrons. The summed E-state index contributed by atoms with van der Waals surface area (Å²) in [6.45, 7) is 3.59. The van der Waals surface area contributed by atoms with E-state index < -0.39 is 5.97 Å². The van der Waals surface area contributed by atoms with Crippen molar-refractivity contribution >= 4 is 33.7 Å². The molecule has 3 aromatic rings. The summed E-state index contributed by atoms with van der Waals surface area (Å²) in [5.41, 5.74) is 1.25. The number of carbonyl (C=O) groups excluding carboxylic acids is 2. The van der Waals surface area contributed by atoms with Crippen LogP contribution < -0.4 is 10.7 Å². The molecular formula is C22H24N2O4. The molecule has 1 heterocycles. The highest BCUT2D eigenvalue weighted by atomic mass is 16.5. The van der Waals surface area contributed by atoms with Gasteiger partial charge in [0.15, 0.2) is 12.0 Å². The normalized spacial score (nSPS) is 11.1. The first-order valence-corrected chi connectivity index (χ1v) is 9.50. The average Bonchev–Trinajstić information content (AvgIpc) is 2.73. The number of para-hydroxylation sites is 2. The summed E-state index contributed by atoms with van der Waals surface area (Å²) in [5.74, 6) is -0.838. The molecule has 0 spiro atoms. The van der Waals surface area contributed by atoms with Crippen LogP contribution in [0.4, 0.5) is 0 Å². The molecule has 146 valence electrons. The molecule has 0 bridgehead atoms. The Morgan fingerprint density at radius 2 is 1.50 bits per heavy atom. The second kappa shape index (κ2) is 8.69. The molecule has 0 aliphatic carbocycles. The van der Waals surface area contributed by atoms with Gasteiger partial charge in [0.25, 0.3) is 5.91 Å². The molecule has 6 nitrogen and oxygen atoms in total. The van der Waals surface area contributed by atoms with E-state index in [1.807, 2.05) is 26.0 Å². The summed E-state index contributed by atoms with van der Waals surface area (Å²) in [5, 5.41) is 3.92. The molecule has 0 unspecified atom stereocenters. The average molecular weight is 380 g/mol. The number of amides is 1. The number of benzene rings is 2. The van der Waals surface area contributed by atoms with E-state index in [4.69, 9.17) is 4.74 Å². The number of pyridine rings is 1. The number of rotatable bonds is 7. The smallest absolute Gasteiger partial charge is 0.326 e. The summed E-state index contributed by atoms with van der Waals surface area (Å²) in [7, 11) is 0. The lowest BCUT2D eigenvalue weighted by atomic mass is 10.1. The third-order valence-electron chi connectivity index (χ3n) is 4.88. The van der Waals surface area contributed by atoms with Gasteiger partial charge >= 0.3 is 5.97 Å². The van der Waals surface area contributed by atoms with Gasteiger partial charge in [-0.1, -0.05) is 38.1 Å². The number of nitrogens with zero attached hydrogens (tertiary/aromatic N) is 1. The lowest BCUT2D eigenvalue weighted by Crippen LogP contribution is -2.37. The molecule has 2 aromatic carbocycles. The van der Waals surface area contributed by atoms with Gasteiger partial charge in [-0.3, -0.25) is 14.4 Å². The van der Waals surface area contributed by atoms with Gasteiger partial charge in [-0.15, -0.1) is 0 Å². The first-order valence-electron chi connectivity index (χ1n) is 9.50. The number of ether oxygens (including phenoxy) is 1. The minimum atomic E-state index is -0.529. The Labute approximate surface area is 163 Å². The van der Waals surface area contributed by atoms with Gasteiger partial charge in [0.05, 0.1) is 11.0 Å². The van der Waals surface area contributed by atoms with Crippen LogP contribution in [0.2, 0.25) is 0 Å². The molecule has 0 aliphatic heterocycles. The van der Waals surface area contributed by atoms with E-state index in [1.165, 1.54) is 0 Å². The van der Waals surface area contributed by atoms with Crippen molar-refractivity contribution in [3.63, 3.8) is 0 Å². The Morgan fingerprint density at radius 1 is 0.964 bits per heavy atom. The van der Waals surface area contributed by atoms with Crippen LogP contribution >= 0.6 is 0 Å². The number of nitrogens with one attached hydrogen (secondary N) is 1. The Morgan fingerprint density at radius 3 is 2.04 bits per heavy atom. The third-order valence-corrected chi connectivity index (χ3v) is 4.88. The van der Waals surface area contributed by atoms with Crippen molar-refractivity contribution in [3.8, 4) is 0 Å². The summed E-state index contributed by atoms with van der Waals surface area (Å²) < 4.78 is 6.93. The van der Waals surface area contributed by atoms with Crippen LogP contribution in [0.3, 0.4) is 0 Å². The van der Waals surface area contributed by atoms with Crippen LogP contribution in [0.25, 0.3) is 21.8 Å². The monoisotopic (exact) mass is 380 g/mol. The Hall–Kier alpha value is -3.15. The zero-order valence-corrected chi connectivity index (χ0v) is 16.1. The number of fused-ring (bicyclic) bond motifs is 2. The predicted molar refractivity (Wildman–Crippen MR) is 109 cm³/mol. The van der Waals surface area contributed by atoms with Gasteiger partial charge in [0, 0.05) is 16.8 Å². The van der Waals surface area contributed by atoms with E-state index in [-0.39, 0.29) is 30.5 Å². The molecule has 1 aromatic heterocycles. The number of aromatic nitrogens is 1. The zero-order chi connectivity index (χ0) is 20.1. The SMILES string of the molecule is CCC(CC)NC(=O)COC(=O)Cn1c2ccccc2c(=O)c2ccccc21. The maximum Gasteiger partial charge on any atom is 0.326 e. The Balaban J connectivity index is 1.83.